The van der Waals surface area contributed by atoms with E-state index in [2.05, 4.69) is 30.1 Å². The second-order valence-electron chi connectivity index (χ2n) is 8.46. The summed E-state index contributed by atoms with van der Waals surface area (Å²) in [6.07, 6.45) is 3.81. The first kappa shape index (κ1) is 26.5. The van der Waals surface area contributed by atoms with Crippen LogP contribution in [-0.4, -0.2) is 12.5 Å². The number of carbonyl (C=O) groups excluding carboxylic acids is 1. The lowest BCUT2D eigenvalue weighted by atomic mass is 10.0. The van der Waals surface area contributed by atoms with E-state index in [9.17, 15) is 10.1 Å². The molecule has 5 nitrogen and oxygen atoms in total. The predicted octanol–water partition coefficient (Wildman–Crippen LogP) is 7.75. The lowest BCUT2D eigenvalue weighted by Gasteiger charge is -2.17. The summed E-state index contributed by atoms with van der Waals surface area (Å²) in [6.45, 7) is 6.54. The number of nitrogens with one attached hydrogen (secondary N) is 1. The van der Waals surface area contributed by atoms with Crippen LogP contribution in [-0.2, 0) is 17.8 Å². The van der Waals surface area contributed by atoms with Gasteiger partial charge in [0.15, 0.2) is 11.5 Å². The Morgan fingerprint density at radius 2 is 1.79 bits per heavy atom. The van der Waals surface area contributed by atoms with Crippen LogP contribution in [0.4, 0.5) is 5.69 Å². The van der Waals surface area contributed by atoms with Gasteiger partial charge in [0.1, 0.15) is 18.2 Å². The van der Waals surface area contributed by atoms with E-state index in [4.69, 9.17) is 21.1 Å². The standard InChI is InChI=1S/C32H27ClN2O3/c1-3-10-24-17-22(18-26(20-34)32(36)35-29-16-8-7-15-28(29)33)19-30(37-4-2)31(24)38-21-25-13-9-12-23-11-5-6-14-27(23)25/h3,5-9,11-19H,1,4,10,21H2,2H3,(H,35,36)/b26-18+. The maximum Gasteiger partial charge on any atom is 0.266 e. The molecule has 6 heteroatoms. The molecule has 0 radical (unpaired) electrons. The van der Waals surface area contributed by atoms with E-state index >= 15 is 0 Å². The average molecular weight is 523 g/mol. The number of halogens is 1. The molecule has 0 atom stereocenters. The number of nitriles is 1. The molecule has 1 amide bonds. The Morgan fingerprint density at radius 1 is 1.03 bits per heavy atom. The number of anilines is 1. The maximum atomic E-state index is 12.8. The zero-order chi connectivity index (χ0) is 26.9. The van der Waals surface area contributed by atoms with Gasteiger partial charge in [-0.2, -0.15) is 5.26 Å². The van der Waals surface area contributed by atoms with Crippen LogP contribution < -0.4 is 14.8 Å². The Balaban J connectivity index is 1.67. The van der Waals surface area contributed by atoms with Gasteiger partial charge in [0.2, 0.25) is 0 Å². The number of benzene rings is 4. The van der Waals surface area contributed by atoms with Crippen LogP contribution >= 0.6 is 11.6 Å². The largest absolute Gasteiger partial charge is 0.490 e. The highest BCUT2D eigenvalue weighted by Crippen LogP contribution is 2.36. The van der Waals surface area contributed by atoms with Gasteiger partial charge < -0.3 is 14.8 Å². The van der Waals surface area contributed by atoms with Gasteiger partial charge in [-0.1, -0.05) is 72.3 Å². The van der Waals surface area contributed by atoms with Crippen LogP contribution in [0, 0.1) is 11.3 Å². The SMILES string of the molecule is C=CCc1cc(/C=C(\C#N)C(=O)Nc2ccccc2Cl)cc(OCC)c1OCc1cccc2ccccc12. The minimum atomic E-state index is -0.555. The summed E-state index contributed by atoms with van der Waals surface area (Å²) in [4.78, 5) is 12.8. The van der Waals surface area contributed by atoms with Gasteiger partial charge in [-0.05, 0) is 65.6 Å². The second-order valence-corrected chi connectivity index (χ2v) is 8.87. The van der Waals surface area contributed by atoms with E-state index in [1.54, 1.807) is 36.4 Å². The maximum absolute atomic E-state index is 12.8. The number of carbonyl (C=O) groups is 1. The van der Waals surface area contributed by atoms with Gasteiger partial charge in [-0.25, -0.2) is 0 Å². The number of ether oxygens (including phenoxy) is 2. The summed E-state index contributed by atoms with van der Waals surface area (Å²) in [6, 6.07) is 26.8. The fourth-order valence-electron chi connectivity index (χ4n) is 4.14. The first-order valence-corrected chi connectivity index (χ1v) is 12.6. The van der Waals surface area contributed by atoms with E-state index in [-0.39, 0.29) is 5.57 Å². The quantitative estimate of drug-likeness (QED) is 0.131. The van der Waals surface area contributed by atoms with Gasteiger partial charge >= 0.3 is 0 Å². The fraction of sp³-hybridized carbons (Fsp3) is 0.125. The third-order valence-corrected chi connectivity index (χ3v) is 6.20. The number of nitrogens with zero attached hydrogens (tertiary/aromatic N) is 1. The molecule has 4 rings (SSSR count). The van der Waals surface area contributed by atoms with Crippen molar-refractivity contribution in [2.75, 3.05) is 11.9 Å². The Bertz CT molecular complexity index is 1550. The second kappa shape index (κ2) is 12.6. The molecule has 0 aliphatic rings. The van der Waals surface area contributed by atoms with Gasteiger partial charge in [0.25, 0.3) is 5.91 Å². The van der Waals surface area contributed by atoms with Crippen molar-refractivity contribution in [1.29, 1.82) is 5.26 Å². The van der Waals surface area contributed by atoms with E-state index in [0.29, 0.717) is 47.4 Å². The lowest BCUT2D eigenvalue weighted by Crippen LogP contribution is -2.13. The van der Waals surface area contributed by atoms with Crippen LogP contribution in [0.1, 0.15) is 23.6 Å². The minimum Gasteiger partial charge on any atom is -0.490 e. The van der Waals surface area contributed by atoms with Gasteiger partial charge in [0, 0.05) is 5.56 Å². The van der Waals surface area contributed by atoms with E-state index < -0.39 is 5.91 Å². The molecule has 0 fully saturated rings. The molecule has 0 saturated carbocycles. The Labute approximate surface area is 227 Å². The van der Waals surface area contributed by atoms with Crippen LogP contribution in [0.15, 0.2) is 97.1 Å². The van der Waals surface area contributed by atoms with Crippen molar-refractivity contribution in [2.24, 2.45) is 0 Å². The van der Waals surface area contributed by atoms with Crippen molar-refractivity contribution in [3.63, 3.8) is 0 Å². The lowest BCUT2D eigenvalue weighted by molar-refractivity contribution is -0.112. The summed E-state index contributed by atoms with van der Waals surface area (Å²) in [5, 5.41) is 15.1. The molecule has 0 saturated heterocycles. The molecule has 0 aromatic heterocycles. The fourth-order valence-corrected chi connectivity index (χ4v) is 4.32. The number of para-hydroxylation sites is 1. The zero-order valence-corrected chi connectivity index (χ0v) is 21.8. The molecular formula is C32H27ClN2O3. The molecule has 0 aliphatic carbocycles. The summed E-state index contributed by atoms with van der Waals surface area (Å²) < 4.78 is 12.3. The Kier molecular flexibility index (Phi) is 8.81. The number of hydrogen-bond donors (Lipinski definition) is 1. The molecular weight excluding hydrogens is 496 g/mol. The summed E-state index contributed by atoms with van der Waals surface area (Å²) in [5.74, 6) is 0.582. The van der Waals surface area contributed by atoms with Crippen molar-refractivity contribution in [1.82, 2.24) is 0 Å². The normalized spacial score (nSPS) is 11.0. The third-order valence-electron chi connectivity index (χ3n) is 5.87. The van der Waals surface area contributed by atoms with Gasteiger partial charge in [-0.3, -0.25) is 4.79 Å². The van der Waals surface area contributed by atoms with Gasteiger partial charge in [-0.15, -0.1) is 6.58 Å². The molecule has 0 aliphatic heterocycles. The van der Waals surface area contributed by atoms with E-state index in [0.717, 1.165) is 21.9 Å². The molecule has 190 valence electrons. The highest BCUT2D eigenvalue weighted by molar-refractivity contribution is 6.34. The zero-order valence-electron chi connectivity index (χ0n) is 21.0. The minimum absolute atomic E-state index is 0.0682. The number of rotatable bonds is 10. The third kappa shape index (κ3) is 6.23. The summed E-state index contributed by atoms with van der Waals surface area (Å²) >= 11 is 6.15. The molecule has 38 heavy (non-hydrogen) atoms. The van der Waals surface area contributed by atoms with Crippen molar-refractivity contribution in [3.05, 3.63) is 119 Å². The number of allylic oxidation sites excluding steroid dienone is 1. The van der Waals surface area contributed by atoms with Gasteiger partial charge in [0.05, 0.1) is 17.3 Å². The van der Waals surface area contributed by atoms with Crippen LogP contribution in [0.2, 0.25) is 5.02 Å². The van der Waals surface area contributed by atoms with Crippen molar-refractivity contribution in [2.45, 2.75) is 20.0 Å². The van der Waals surface area contributed by atoms with Crippen molar-refractivity contribution >= 4 is 40.0 Å². The summed E-state index contributed by atoms with van der Waals surface area (Å²) in [5.41, 5.74) is 2.89. The molecule has 1 N–H and O–H groups in total. The monoisotopic (exact) mass is 522 g/mol. The Hall–Kier alpha value is -4.53. The molecule has 4 aromatic rings. The van der Waals surface area contributed by atoms with Crippen molar-refractivity contribution in [3.8, 4) is 17.6 Å². The predicted molar refractivity (Wildman–Crippen MR) is 153 cm³/mol. The van der Waals surface area contributed by atoms with E-state index in [1.807, 2.05) is 43.3 Å². The summed E-state index contributed by atoms with van der Waals surface area (Å²) in [7, 11) is 0. The molecule has 0 heterocycles. The molecule has 0 unspecified atom stereocenters. The highest BCUT2D eigenvalue weighted by Gasteiger charge is 2.16. The molecule has 0 bridgehead atoms. The number of hydrogen-bond acceptors (Lipinski definition) is 4. The molecule has 0 spiro atoms. The topological polar surface area (TPSA) is 71.4 Å². The van der Waals surface area contributed by atoms with Crippen molar-refractivity contribution < 1.29 is 14.3 Å². The smallest absolute Gasteiger partial charge is 0.266 e. The Morgan fingerprint density at radius 3 is 2.55 bits per heavy atom. The van der Waals surface area contributed by atoms with Crippen LogP contribution in [0.3, 0.4) is 0 Å². The number of amides is 1. The average Bonchev–Trinajstić information content (AvgIpc) is 2.93. The first-order chi connectivity index (χ1) is 18.5. The molecule has 4 aromatic carbocycles. The van der Waals surface area contributed by atoms with E-state index in [1.165, 1.54) is 6.08 Å². The number of fused-ring (bicyclic) bond motifs is 1. The first-order valence-electron chi connectivity index (χ1n) is 12.2. The van der Waals surface area contributed by atoms with Crippen LogP contribution in [0.25, 0.3) is 16.8 Å². The highest BCUT2D eigenvalue weighted by atomic mass is 35.5. The van der Waals surface area contributed by atoms with Crippen LogP contribution in [0.5, 0.6) is 11.5 Å².